The van der Waals surface area contributed by atoms with Gasteiger partial charge in [0.25, 0.3) is 0 Å². The van der Waals surface area contributed by atoms with Crippen molar-refractivity contribution in [1.29, 1.82) is 0 Å². The van der Waals surface area contributed by atoms with Crippen molar-refractivity contribution in [1.82, 2.24) is 0 Å². The van der Waals surface area contributed by atoms with Crippen LogP contribution in [0.4, 0.5) is 0 Å². The molecule has 0 unspecified atom stereocenters. The molecule has 132 valence electrons. The molecule has 0 bridgehead atoms. The van der Waals surface area contributed by atoms with Gasteiger partial charge in [-0.2, -0.15) is 0 Å². The third kappa shape index (κ3) is 2.18. The molecule has 0 radical (unpaired) electrons. The minimum atomic E-state index is -0.718. The molecule has 0 spiro atoms. The number of fused-ring (bicyclic) bond motifs is 4. The first-order chi connectivity index (χ1) is 11.8. The normalized spacial score (nSPS) is 42.7. The molecule has 0 saturated carbocycles. The number of hydrogen-bond acceptors (Lipinski definition) is 2. The Morgan fingerprint density at radius 3 is 2.68 bits per heavy atom. The largest absolute Gasteiger partial charge is 0.292 e. The topological polar surface area (TPSA) is 34.1 Å². The smallest absolute Gasteiger partial charge is 0.182 e. The standard InChI is InChI=1S/C19H16Cl4O2/c1-18-5-4-10-14(15(18)16(25)12(22)7-18)13(24)6-9-2-3-11(21)17(23)19(9,10)8-20/h2-3,6-7,11,15,17H,4-5,8H2,1H3/t11-,15-,17+,18+,19-/m0/s1. The van der Waals surface area contributed by atoms with E-state index in [1.54, 1.807) is 18.2 Å². The number of hydrogen-bond donors (Lipinski definition) is 0. The summed E-state index contributed by atoms with van der Waals surface area (Å²) in [5.74, 6) is -0.675. The summed E-state index contributed by atoms with van der Waals surface area (Å²) in [6, 6.07) is 0. The minimum Gasteiger partial charge on any atom is -0.292 e. The Morgan fingerprint density at radius 2 is 2.00 bits per heavy atom. The Bertz CT molecular complexity index is 821. The number of carbonyl (C=O) groups is 2. The van der Waals surface area contributed by atoms with E-state index < -0.39 is 27.5 Å². The van der Waals surface area contributed by atoms with Crippen LogP contribution < -0.4 is 0 Å². The van der Waals surface area contributed by atoms with Gasteiger partial charge in [0.2, 0.25) is 0 Å². The monoisotopic (exact) mass is 416 g/mol. The van der Waals surface area contributed by atoms with Crippen LogP contribution in [-0.2, 0) is 9.59 Å². The first-order valence-electron chi connectivity index (χ1n) is 8.21. The highest BCUT2D eigenvalue weighted by Gasteiger charge is 2.58. The first-order valence-corrected chi connectivity index (χ1v) is 10.00. The Hall–Kier alpha value is -0.540. The number of Topliss-reactive ketones (excluding diaryl/α,β-unsaturated/α-hetero) is 1. The van der Waals surface area contributed by atoms with Crippen LogP contribution in [0.3, 0.4) is 0 Å². The number of allylic oxidation sites excluding steroid dienone is 8. The maximum atomic E-state index is 13.0. The van der Waals surface area contributed by atoms with Crippen molar-refractivity contribution in [3.05, 3.63) is 46.1 Å². The highest BCUT2D eigenvalue weighted by atomic mass is 35.5. The Labute approximate surface area is 166 Å². The van der Waals surface area contributed by atoms with Gasteiger partial charge in [0.15, 0.2) is 11.6 Å². The van der Waals surface area contributed by atoms with Gasteiger partial charge < -0.3 is 0 Å². The van der Waals surface area contributed by atoms with E-state index in [4.69, 9.17) is 46.4 Å². The lowest BCUT2D eigenvalue weighted by atomic mass is 9.55. The molecule has 6 heteroatoms. The van der Waals surface area contributed by atoms with E-state index in [2.05, 4.69) is 0 Å². The van der Waals surface area contributed by atoms with Crippen molar-refractivity contribution < 1.29 is 9.59 Å². The van der Waals surface area contributed by atoms with Crippen molar-refractivity contribution in [3.8, 4) is 0 Å². The van der Waals surface area contributed by atoms with E-state index in [9.17, 15) is 9.59 Å². The van der Waals surface area contributed by atoms with Crippen LogP contribution in [0.25, 0.3) is 0 Å². The van der Waals surface area contributed by atoms with Gasteiger partial charge in [0.1, 0.15) is 0 Å². The van der Waals surface area contributed by atoms with Crippen molar-refractivity contribution >= 4 is 58.0 Å². The Morgan fingerprint density at radius 1 is 1.28 bits per heavy atom. The van der Waals surface area contributed by atoms with Gasteiger partial charge in [-0.1, -0.05) is 36.8 Å². The highest BCUT2D eigenvalue weighted by molar-refractivity contribution is 6.44. The fourth-order valence-electron chi connectivity index (χ4n) is 4.86. The summed E-state index contributed by atoms with van der Waals surface area (Å²) in [4.78, 5) is 25.7. The maximum absolute atomic E-state index is 13.0. The summed E-state index contributed by atoms with van der Waals surface area (Å²) >= 11 is 25.7. The Kier molecular flexibility index (Phi) is 4.09. The summed E-state index contributed by atoms with van der Waals surface area (Å²) in [6.45, 7) is 1.98. The van der Waals surface area contributed by atoms with Gasteiger partial charge in [-0.05, 0) is 30.1 Å². The minimum absolute atomic E-state index is 0.142. The van der Waals surface area contributed by atoms with E-state index >= 15 is 0 Å². The van der Waals surface area contributed by atoms with Crippen molar-refractivity contribution in [2.45, 2.75) is 30.5 Å². The van der Waals surface area contributed by atoms with Crippen molar-refractivity contribution in [2.75, 3.05) is 5.88 Å². The SMILES string of the molecule is C[C@@]12C=C(Cl)C(=O)[C@@H]1C1=C(CC2)[C@]2(CCl)C(=CC1=O)C=C[C@H](Cl)[C@H]2Cl. The molecule has 0 saturated heterocycles. The van der Waals surface area contributed by atoms with Crippen LogP contribution in [0.15, 0.2) is 46.1 Å². The third-order valence-electron chi connectivity index (χ3n) is 6.17. The molecule has 5 atom stereocenters. The van der Waals surface area contributed by atoms with Crippen molar-refractivity contribution in [2.24, 2.45) is 16.7 Å². The van der Waals surface area contributed by atoms with E-state index in [1.807, 2.05) is 13.0 Å². The predicted molar refractivity (Wildman–Crippen MR) is 101 cm³/mol. The molecule has 0 aromatic rings. The predicted octanol–water partition coefficient (Wildman–Crippen LogP) is 4.92. The molecular formula is C19H16Cl4O2. The second-order valence-corrected chi connectivity index (χ2v) is 9.11. The maximum Gasteiger partial charge on any atom is 0.182 e. The van der Waals surface area contributed by atoms with Gasteiger partial charge >= 0.3 is 0 Å². The van der Waals surface area contributed by atoms with E-state index in [-0.39, 0.29) is 22.5 Å². The summed E-state index contributed by atoms with van der Waals surface area (Å²) in [5.41, 5.74) is 1.03. The summed E-state index contributed by atoms with van der Waals surface area (Å²) < 4.78 is 0. The van der Waals surface area contributed by atoms with Crippen LogP contribution in [-0.4, -0.2) is 28.2 Å². The van der Waals surface area contributed by atoms with Gasteiger partial charge in [-0.3, -0.25) is 9.59 Å². The van der Waals surface area contributed by atoms with E-state index in [1.165, 1.54) is 0 Å². The van der Waals surface area contributed by atoms with Crippen LogP contribution in [0, 0.1) is 16.7 Å². The molecule has 0 fully saturated rings. The lowest BCUT2D eigenvalue weighted by Gasteiger charge is -2.50. The molecule has 4 rings (SSSR count). The molecule has 4 aliphatic carbocycles. The fraction of sp³-hybridized carbons (Fsp3) is 0.474. The second-order valence-electron chi connectivity index (χ2n) is 7.46. The molecule has 0 heterocycles. The molecule has 0 N–H and O–H groups in total. The van der Waals surface area contributed by atoms with Crippen LogP contribution >= 0.6 is 46.4 Å². The molecule has 4 aliphatic rings. The average molecular weight is 418 g/mol. The zero-order valence-electron chi connectivity index (χ0n) is 13.5. The first kappa shape index (κ1) is 17.9. The second kappa shape index (κ2) is 5.73. The van der Waals surface area contributed by atoms with Gasteiger partial charge in [-0.25, -0.2) is 0 Å². The Balaban J connectivity index is 1.96. The number of halogens is 4. The number of carbonyl (C=O) groups excluding carboxylic acids is 2. The zero-order valence-corrected chi connectivity index (χ0v) is 16.5. The average Bonchev–Trinajstić information content (AvgIpc) is 2.81. The number of alkyl halides is 3. The fourth-order valence-corrected chi connectivity index (χ4v) is 6.48. The molecular weight excluding hydrogens is 402 g/mol. The zero-order chi connectivity index (χ0) is 18.1. The molecule has 2 nitrogen and oxygen atoms in total. The van der Waals surface area contributed by atoms with Crippen LogP contribution in [0.1, 0.15) is 19.8 Å². The molecule has 0 aliphatic heterocycles. The lowest BCUT2D eigenvalue weighted by molar-refractivity contribution is -0.122. The summed E-state index contributed by atoms with van der Waals surface area (Å²) in [7, 11) is 0. The summed E-state index contributed by atoms with van der Waals surface area (Å²) in [5, 5.41) is -0.663. The van der Waals surface area contributed by atoms with Crippen molar-refractivity contribution in [3.63, 3.8) is 0 Å². The third-order valence-corrected chi connectivity index (χ3v) is 8.05. The summed E-state index contributed by atoms with van der Waals surface area (Å²) in [6.07, 6.45) is 8.37. The highest BCUT2D eigenvalue weighted by Crippen LogP contribution is 2.60. The van der Waals surface area contributed by atoms with Crippen LogP contribution in [0.2, 0.25) is 0 Å². The van der Waals surface area contributed by atoms with Crippen LogP contribution in [0.5, 0.6) is 0 Å². The quantitative estimate of drug-likeness (QED) is 0.567. The number of ketones is 2. The molecule has 25 heavy (non-hydrogen) atoms. The molecule has 0 aromatic heterocycles. The lowest BCUT2D eigenvalue weighted by Crippen LogP contribution is -2.50. The van der Waals surface area contributed by atoms with E-state index in [0.29, 0.717) is 12.0 Å². The molecule has 0 amide bonds. The van der Waals surface area contributed by atoms with Gasteiger partial charge in [0.05, 0.1) is 21.7 Å². The van der Waals surface area contributed by atoms with E-state index in [0.717, 1.165) is 17.6 Å². The van der Waals surface area contributed by atoms with Gasteiger partial charge in [-0.15, -0.1) is 34.8 Å². The van der Waals surface area contributed by atoms with Gasteiger partial charge in [0, 0.05) is 22.3 Å². The molecule has 0 aromatic carbocycles. The number of rotatable bonds is 1.